The molecule has 1 saturated heterocycles. The van der Waals surface area contributed by atoms with Crippen molar-refractivity contribution in [3.8, 4) is 0 Å². The van der Waals surface area contributed by atoms with Crippen molar-refractivity contribution in [3.63, 3.8) is 0 Å². The van der Waals surface area contributed by atoms with Crippen LogP contribution in [-0.4, -0.2) is 61.0 Å². The predicted octanol–water partition coefficient (Wildman–Crippen LogP) is 2.53. The Morgan fingerprint density at radius 3 is 2.57 bits per heavy atom. The van der Waals surface area contributed by atoms with Crippen LogP contribution in [0.15, 0.2) is 48.5 Å². The number of nitrogens with zero attached hydrogens (tertiary/aromatic N) is 2. The van der Waals surface area contributed by atoms with Crippen molar-refractivity contribution in [2.24, 2.45) is 0 Å². The Labute approximate surface area is 177 Å². The minimum atomic E-state index is -0.283. The highest BCUT2D eigenvalue weighted by Crippen LogP contribution is 2.33. The predicted molar refractivity (Wildman–Crippen MR) is 115 cm³/mol. The summed E-state index contributed by atoms with van der Waals surface area (Å²) in [6, 6.07) is 15.5. The second-order valence-electron chi connectivity index (χ2n) is 8.02. The van der Waals surface area contributed by atoms with Gasteiger partial charge in [-0.1, -0.05) is 48.0 Å². The number of rotatable bonds is 7. The van der Waals surface area contributed by atoms with E-state index in [4.69, 9.17) is 4.74 Å². The number of fused-ring (bicyclic) bond motifs is 1. The molecular formula is C24H29N3O3. The molecule has 1 atom stereocenters. The molecule has 2 aromatic carbocycles. The van der Waals surface area contributed by atoms with Gasteiger partial charge in [0.15, 0.2) is 0 Å². The lowest BCUT2D eigenvalue weighted by molar-refractivity contribution is -0.122. The van der Waals surface area contributed by atoms with Gasteiger partial charge in [0.1, 0.15) is 0 Å². The summed E-state index contributed by atoms with van der Waals surface area (Å²) in [5.74, 6) is -0.0325. The van der Waals surface area contributed by atoms with Crippen molar-refractivity contribution in [3.05, 3.63) is 70.8 Å². The molecule has 2 heterocycles. The topological polar surface area (TPSA) is 61.9 Å². The molecule has 1 fully saturated rings. The first-order valence-corrected chi connectivity index (χ1v) is 10.6. The van der Waals surface area contributed by atoms with Crippen LogP contribution in [0.3, 0.4) is 0 Å². The van der Waals surface area contributed by atoms with Crippen molar-refractivity contribution in [1.29, 1.82) is 0 Å². The van der Waals surface area contributed by atoms with E-state index >= 15 is 0 Å². The van der Waals surface area contributed by atoms with Gasteiger partial charge in [-0.15, -0.1) is 0 Å². The highest BCUT2D eigenvalue weighted by atomic mass is 16.5. The molecule has 2 aliphatic heterocycles. The maximum absolute atomic E-state index is 13.1. The Hall–Kier alpha value is -2.70. The van der Waals surface area contributed by atoms with Crippen molar-refractivity contribution in [2.45, 2.75) is 25.9 Å². The van der Waals surface area contributed by atoms with Crippen LogP contribution in [0.1, 0.15) is 39.5 Å². The summed E-state index contributed by atoms with van der Waals surface area (Å²) in [6.45, 7) is 7.31. The number of ether oxygens (including phenoxy) is 1. The lowest BCUT2D eigenvalue weighted by atomic mass is 10.00. The minimum absolute atomic E-state index is 0.00251. The van der Waals surface area contributed by atoms with Gasteiger partial charge in [0.05, 0.1) is 25.7 Å². The number of hydrogen-bond donors (Lipinski definition) is 1. The second-order valence-corrected chi connectivity index (χ2v) is 8.02. The summed E-state index contributed by atoms with van der Waals surface area (Å²) < 4.78 is 5.36. The quantitative estimate of drug-likeness (QED) is 0.766. The molecule has 2 aliphatic rings. The molecule has 0 spiro atoms. The standard InChI is InChI=1S/C24H29N3O3/c1-18-6-8-19(9-7-18)22(27-17-20-4-2-3-5-21(20)24(27)29)16-23(28)25-10-11-26-12-14-30-15-13-26/h2-9,22H,10-17H2,1H3,(H,25,28)/t22-/m0/s1. The van der Waals surface area contributed by atoms with Crippen molar-refractivity contribution in [2.75, 3.05) is 39.4 Å². The molecule has 2 amide bonds. The molecule has 0 saturated carbocycles. The van der Waals surface area contributed by atoms with E-state index in [9.17, 15) is 9.59 Å². The van der Waals surface area contributed by atoms with Crippen LogP contribution >= 0.6 is 0 Å². The van der Waals surface area contributed by atoms with Gasteiger partial charge in [-0.05, 0) is 24.1 Å². The van der Waals surface area contributed by atoms with Crippen LogP contribution in [0, 0.1) is 6.92 Å². The summed E-state index contributed by atoms with van der Waals surface area (Å²) in [7, 11) is 0. The molecular weight excluding hydrogens is 378 g/mol. The number of amides is 2. The fourth-order valence-electron chi connectivity index (χ4n) is 4.15. The first-order chi connectivity index (χ1) is 14.6. The number of nitrogens with one attached hydrogen (secondary N) is 1. The highest BCUT2D eigenvalue weighted by molar-refractivity contribution is 5.98. The molecule has 0 aromatic heterocycles. The molecule has 0 aliphatic carbocycles. The third kappa shape index (κ3) is 4.71. The SMILES string of the molecule is Cc1ccc([C@H](CC(=O)NCCN2CCOCC2)N2Cc3ccccc3C2=O)cc1. The van der Waals surface area contributed by atoms with Gasteiger partial charge < -0.3 is 15.0 Å². The van der Waals surface area contributed by atoms with E-state index in [0.29, 0.717) is 13.1 Å². The van der Waals surface area contributed by atoms with E-state index in [1.165, 1.54) is 0 Å². The van der Waals surface area contributed by atoms with Gasteiger partial charge in [0.25, 0.3) is 5.91 Å². The summed E-state index contributed by atoms with van der Waals surface area (Å²) in [5.41, 5.74) is 3.91. The summed E-state index contributed by atoms with van der Waals surface area (Å²) in [4.78, 5) is 30.0. The monoisotopic (exact) mass is 407 g/mol. The van der Waals surface area contributed by atoms with Gasteiger partial charge in [-0.25, -0.2) is 0 Å². The Morgan fingerprint density at radius 2 is 1.83 bits per heavy atom. The van der Waals surface area contributed by atoms with E-state index < -0.39 is 0 Å². The first-order valence-electron chi connectivity index (χ1n) is 10.6. The van der Waals surface area contributed by atoms with Crippen molar-refractivity contribution in [1.82, 2.24) is 15.1 Å². The fourth-order valence-corrected chi connectivity index (χ4v) is 4.15. The van der Waals surface area contributed by atoms with Gasteiger partial charge >= 0.3 is 0 Å². The van der Waals surface area contributed by atoms with E-state index in [1.807, 2.05) is 60.4 Å². The van der Waals surface area contributed by atoms with Crippen LogP contribution in [0.4, 0.5) is 0 Å². The maximum atomic E-state index is 13.1. The molecule has 6 heteroatoms. The van der Waals surface area contributed by atoms with Crippen LogP contribution in [0.5, 0.6) is 0 Å². The molecule has 0 radical (unpaired) electrons. The maximum Gasteiger partial charge on any atom is 0.255 e. The minimum Gasteiger partial charge on any atom is -0.379 e. The average molecular weight is 408 g/mol. The van der Waals surface area contributed by atoms with Crippen LogP contribution in [-0.2, 0) is 16.1 Å². The summed E-state index contributed by atoms with van der Waals surface area (Å²) in [6.07, 6.45) is 0.256. The lowest BCUT2D eigenvalue weighted by Crippen LogP contribution is -2.42. The Kier molecular flexibility index (Phi) is 6.45. The lowest BCUT2D eigenvalue weighted by Gasteiger charge is -2.29. The molecule has 1 N–H and O–H groups in total. The molecule has 0 bridgehead atoms. The van der Waals surface area contributed by atoms with Crippen molar-refractivity contribution < 1.29 is 14.3 Å². The van der Waals surface area contributed by atoms with E-state index in [-0.39, 0.29) is 24.3 Å². The van der Waals surface area contributed by atoms with Crippen molar-refractivity contribution >= 4 is 11.8 Å². The smallest absolute Gasteiger partial charge is 0.255 e. The van der Waals surface area contributed by atoms with Gasteiger partial charge in [-0.2, -0.15) is 0 Å². The third-order valence-electron chi connectivity index (χ3n) is 5.92. The number of benzene rings is 2. The fraction of sp³-hybridized carbons (Fsp3) is 0.417. The summed E-state index contributed by atoms with van der Waals surface area (Å²) >= 11 is 0. The molecule has 2 aromatic rings. The second kappa shape index (κ2) is 9.41. The summed E-state index contributed by atoms with van der Waals surface area (Å²) in [5, 5.41) is 3.04. The highest BCUT2D eigenvalue weighted by Gasteiger charge is 2.34. The zero-order valence-electron chi connectivity index (χ0n) is 17.5. The van der Waals surface area contributed by atoms with Crippen LogP contribution < -0.4 is 5.32 Å². The number of hydrogen-bond acceptors (Lipinski definition) is 4. The number of morpholine rings is 1. The zero-order valence-corrected chi connectivity index (χ0v) is 17.5. The Bertz CT molecular complexity index is 891. The molecule has 30 heavy (non-hydrogen) atoms. The third-order valence-corrected chi connectivity index (χ3v) is 5.92. The molecule has 0 unspecified atom stereocenters. The van der Waals surface area contributed by atoms with Gasteiger partial charge in [-0.3, -0.25) is 14.5 Å². The largest absolute Gasteiger partial charge is 0.379 e. The van der Waals surface area contributed by atoms with E-state index in [1.54, 1.807) is 0 Å². The van der Waals surface area contributed by atoms with Gasteiger partial charge in [0.2, 0.25) is 5.91 Å². The zero-order chi connectivity index (χ0) is 20.9. The number of aryl methyl sites for hydroxylation is 1. The van der Waals surface area contributed by atoms with Crippen LogP contribution in [0.25, 0.3) is 0 Å². The first kappa shape index (κ1) is 20.6. The normalized spacial score (nSPS) is 17.6. The molecule has 4 rings (SSSR count). The van der Waals surface area contributed by atoms with E-state index in [0.717, 1.165) is 55.1 Å². The number of carbonyl (C=O) groups excluding carboxylic acids is 2. The number of carbonyl (C=O) groups is 2. The van der Waals surface area contributed by atoms with Crippen LogP contribution in [0.2, 0.25) is 0 Å². The van der Waals surface area contributed by atoms with E-state index in [2.05, 4.69) is 10.2 Å². The Balaban J connectivity index is 1.44. The Morgan fingerprint density at radius 1 is 1.10 bits per heavy atom. The average Bonchev–Trinajstić information content (AvgIpc) is 3.10. The molecule has 6 nitrogen and oxygen atoms in total. The van der Waals surface area contributed by atoms with Gasteiger partial charge in [0, 0.05) is 38.3 Å². The molecule has 158 valence electrons.